The van der Waals surface area contributed by atoms with Crippen molar-refractivity contribution in [3.63, 3.8) is 0 Å². The van der Waals surface area contributed by atoms with Gasteiger partial charge in [0, 0.05) is 5.56 Å². The zero-order chi connectivity index (χ0) is 15.7. The summed E-state index contributed by atoms with van der Waals surface area (Å²) < 4.78 is 0. The van der Waals surface area contributed by atoms with Gasteiger partial charge in [-0.25, -0.2) is 4.98 Å². The number of anilines is 1. The predicted octanol–water partition coefficient (Wildman–Crippen LogP) is 2.79. The summed E-state index contributed by atoms with van der Waals surface area (Å²) in [6.07, 6.45) is 0. The maximum absolute atomic E-state index is 12.2. The molecule has 22 heavy (non-hydrogen) atoms. The summed E-state index contributed by atoms with van der Waals surface area (Å²) in [5.74, 6) is -0.161. The van der Waals surface area contributed by atoms with Gasteiger partial charge in [0.15, 0.2) is 0 Å². The molecule has 0 aliphatic carbocycles. The van der Waals surface area contributed by atoms with E-state index in [1.807, 2.05) is 32.0 Å². The molecule has 5 heteroatoms. The fourth-order valence-electron chi connectivity index (χ4n) is 2.28. The molecule has 0 aliphatic heterocycles. The summed E-state index contributed by atoms with van der Waals surface area (Å²) in [5.41, 5.74) is 2.77. The number of nitrogens with one attached hydrogen (secondary N) is 2. The monoisotopic (exact) mass is 293 g/mol. The minimum atomic E-state index is -0.307. The van der Waals surface area contributed by atoms with Crippen LogP contribution in [0.15, 0.2) is 47.3 Å². The Balaban J connectivity index is 1.96. The average Bonchev–Trinajstić information content (AvgIpc) is 2.48. The number of H-pyrrole nitrogens is 1. The number of rotatable bonds is 2. The van der Waals surface area contributed by atoms with E-state index < -0.39 is 0 Å². The molecule has 0 saturated heterocycles. The normalized spacial score (nSPS) is 10.6. The van der Waals surface area contributed by atoms with Crippen LogP contribution in [-0.4, -0.2) is 15.9 Å². The van der Waals surface area contributed by atoms with Crippen LogP contribution in [-0.2, 0) is 0 Å². The quantitative estimate of drug-likeness (QED) is 0.763. The number of fused-ring (bicyclic) bond motifs is 1. The van der Waals surface area contributed by atoms with E-state index in [0.29, 0.717) is 16.5 Å². The van der Waals surface area contributed by atoms with Crippen molar-refractivity contribution in [3.8, 4) is 0 Å². The zero-order valence-corrected chi connectivity index (χ0v) is 12.3. The topological polar surface area (TPSA) is 74.8 Å². The molecule has 3 aromatic rings. The van der Waals surface area contributed by atoms with Crippen LogP contribution in [0, 0.1) is 13.8 Å². The molecule has 0 bridgehead atoms. The van der Waals surface area contributed by atoms with E-state index >= 15 is 0 Å². The highest BCUT2D eigenvalue weighted by Crippen LogP contribution is 2.12. The third kappa shape index (κ3) is 2.74. The molecule has 1 aromatic heterocycles. The standard InChI is InChI=1S/C17H15N3O2/c1-10-4-3-5-12(8-10)15(21)19-17-18-14-7-6-11(2)9-13(14)16(22)20-17/h3-9H,1-2H3,(H2,18,19,20,21,22). The van der Waals surface area contributed by atoms with Gasteiger partial charge in [-0.2, -0.15) is 0 Å². The van der Waals surface area contributed by atoms with Crippen molar-refractivity contribution in [2.24, 2.45) is 0 Å². The van der Waals surface area contributed by atoms with Gasteiger partial charge in [-0.15, -0.1) is 0 Å². The highest BCUT2D eigenvalue weighted by atomic mass is 16.2. The van der Waals surface area contributed by atoms with Gasteiger partial charge in [0.2, 0.25) is 5.95 Å². The van der Waals surface area contributed by atoms with Gasteiger partial charge in [0.05, 0.1) is 10.9 Å². The number of carbonyl (C=O) groups excluding carboxylic acids is 1. The number of aryl methyl sites for hydroxylation is 2. The van der Waals surface area contributed by atoms with E-state index in [4.69, 9.17) is 0 Å². The molecule has 0 atom stereocenters. The van der Waals surface area contributed by atoms with E-state index in [1.165, 1.54) is 0 Å². The molecule has 5 nitrogen and oxygen atoms in total. The van der Waals surface area contributed by atoms with Gasteiger partial charge in [-0.3, -0.25) is 19.9 Å². The third-order valence-electron chi connectivity index (χ3n) is 3.37. The second-order valence-corrected chi connectivity index (χ2v) is 5.26. The van der Waals surface area contributed by atoms with Gasteiger partial charge in [-0.05, 0) is 38.1 Å². The minimum absolute atomic E-state index is 0.146. The molecular weight excluding hydrogens is 278 g/mol. The fourth-order valence-corrected chi connectivity index (χ4v) is 2.28. The van der Waals surface area contributed by atoms with Crippen molar-refractivity contribution >= 4 is 22.8 Å². The molecular formula is C17H15N3O2. The van der Waals surface area contributed by atoms with Crippen molar-refractivity contribution in [2.45, 2.75) is 13.8 Å². The first-order chi connectivity index (χ1) is 10.5. The molecule has 0 aliphatic rings. The molecule has 1 amide bonds. The number of hydrogen-bond acceptors (Lipinski definition) is 3. The number of benzene rings is 2. The van der Waals surface area contributed by atoms with Gasteiger partial charge < -0.3 is 0 Å². The largest absolute Gasteiger partial charge is 0.292 e. The maximum Gasteiger partial charge on any atom is 0.260 e. The van der Waals surface area contributed by atoms with Crippen LogP contribution < -0.4 is 10.9 Å². The lowest BCUT2D eigenvalue weighted by Gasteiger charge is -2.06. The first-order valence-electron chi connectivity index (χ1n) is 6.91. The second kappa shape index (κ2) is 5.44. The van der Waals surface area contributed by atoms with Crippen LogP contribution in [0.25, 0.3) is 10.9 Å². The maximum atomic E-state index is 12.2. The van der Waals surface area contributed by atoms with Crippen molar-refractivity contribution in [1.82, 2.24) is 9.97 Å². The van der Waals surface area contributed by atoms with Crippen molar-refractivity contribution in [2.75, 3.05) is 5.32 Å². The third-order valence-corrected chi connectivity index (χ3v) is 3.37. The molecule has 1 heterocycles. The predicted molar refractivity (Wildman–Crippen MR) is 86.2 cm³/mol. The van der Waals surface area contributed by atoms with E-state index in [0.717, 1.165) is 11.1 Å². The van der Waals surface area contributed by atoms with Crippen LogP contribution in [0.4, 0.5) is 5.95 Å². The fraction of sp³-hybridized carbons (Fsp3) is 0.118. The Morgan fingerprint density at radius 3 is 2.64 bits per heavy atom. The lowest BCUT2D eigenvalue weighted by atomic mass is 10.1. The van der Waals surface area contributed by atoms with Gasteiger partial charge in [-0.1, -0.05) is 29.3 Å². The van der Waals surface area contributed by atoms with Crippen LogP contribution >= 0.6 is 0 Å². The summed E-state index contributed by atoms with van der Waals surface area (Å²) in [6.45, 7) is 3.82. The first-order valence-corrected chi connectivity index (χ1v) is 6.91. The summed E-state index contributed by atoms with van der Waals surface area (Å²) in [7, 11) is 0. The molecule has 2 N–H and O–H groups in total. The Hall–Kier alpha value is -2.95. The molecule has 0 fully saturated rings. The van der Waals surface area contributed by atoms with Gasteiger partial charge in [0.25, 0.3) is 11.5 Å². The van der Waals surface area contributed by atoms with Crippen molar-refractivity contribution < 1.29 is 4.79 Å². The lowest BCUT2D eigenvalue weighted by molar-refractivity contribution is 0.102. The van der Waals surface area contributed by atoms with Gasteiger partial charge >= 0.3 is 0 Å². The average molecular weight is 293 g/mol. The highest BCUT2D eigenvalue weighted by molar-refractivity contribution is 6.03. The molecule has 2 aromatic carbocycles. The summed E-state index contributed by atoms with van der Waals surface area (Å²) in [5, 5.41) is 3.14. The van der Waals surface area contributed by atoms with Crippen molar-refractivity contribution in [1.29, 1.82) is 0 Å². The smallest absolute Gasteiger partial charge is 0.260 e. The van der Waals surface area contributed by atoms with Crippen LogP contribution in [0.1, 0.15) is 21.5 Å². The summed E-state index contributed by atoms with van der Waals surface area (Å²) in [6, 6.07) is 12.6. The van der Waals surface area contributed by atoms with Gasteiger partial charge in [0.1, 0.15) is 0 Å². The van der Waals surface area contributed by atoms with E-state index in [1.54, 1.807) is 24.3 Å². The first kappa shape index (κ1) is 14.0. The number of carbonyl (C=O) groups is 1. The Morgan fingerprint density at radius 1 is 1.09 bits per heavy atom. The van der Waals surface area contributed by atoms with Crippen LogP contribution in [0.2, 0.25) is 0 Å². The summed E-state index contributed by atoms with van der Waals surface area (Å²) >= 11 is 0. The lowest BCUT2D eigenvalue weighted by Crippen LogP contribution is -2.18. The molecule has 0 unspecified atom stereocenters. The number of hydrogen-bond donors (Lipinski definition) is 2. The molecule has 0 radical (unpaired) electrons. The zero-order valence-electron chi connectivity index (χ0n) is 12.3. The van der Waals surface area contributed by atoms with E-state index in [9.17, 15) is 9.59 Å². The Labute approximate surface area is 127 Å². The number of nitrogens with zero attached hydrogens (tertiary/aromatic N) is 1. The second-order valence-electron chi connectivity index (χ2n) is 5.26. The van der Waals surface area contributed by atoms with Crippen LogP contribution in [0.3, 0.4) is 0 Å². The number of amides is 1. The Bertz CT molecular complexity index is 929. The molecule has 3 rings (SSSR count). The van der Waals surface area contributed by atoms with Crippen LogP contribution in [0.5, 0.6) is 0 Å². The SMILES string of the molecule is Cc1cccc(C(=O)Nc2nc3ccc(C)cc3c(=O)[nH]2)c1. The Kier molecular flexibility index (Phi) is 3.47. The Morgan fingerprint density at radius 2 is 1.86 bits per heavy atom. The van der Waals surface area contributed by atoms with Crippen molar-refractivity contribution in [3.05, 3.63) is 69.5 Å². The molecule has 110 valence electrons. The highest BCUT2D eigenvalue weighted by Gasteiger charge is 2.09. The molecule has 0 saturated carbocycles. The minimum Gasteiger partial charge on any atom is -0.292 e. The van der Waals surface area contributed by atoms with E-state index in [-0.39, 0.29) is 17.4 Å². The number of aromatic nitrogens is 2. The molecule has 0 spiro atoms. The summed E-state index contributed by atoms with van der Waals surface area (Å²) in [4.78, 5) is 31.1. The van der Waals surface area contributed by atoms with E-state index in [2.05, 4.69) is 15.3 Å². The number of aromatic amines is 1.